The minimum atomic E-state index is -0.725. The Balaban J connectivity index is 1.53. The van der Waals surface area contributed by atoms with Crippen molar-refractivity contribution in [2.75, 3.05) is 5.43 Å². The molecule has 4 rings (SSSR count). The molecule has 0 fully saturated rings. The van der Waals surface area contributed by atoms with Gasteiger partial charge in [0.2, 0.25) is 0 Å². The van der Waals surface area contributed by atoms with Crippen LogP contribution in [0.3, 0.4) is 0 Å². The lowest BCUT2D eigenvalue weighted by Crippen LogP contribution is -2.25. The SMILES string of the molecule is Cc1nc(-c2ncccn2)ncc1OC(=O)Nn1cc(C)c2cc(F)ccc21. The molecule has 28 heavy (non-hydrogen) atoms. The molecule has 0 saturated carbocycles. The molecule has 4 aromatic rings. The van der Waals surface area contributed by atoms with E-state index in [0.29, 0.717) is 28.2 Å². The number of rotatable bonds is 3. The summed E-state index contributed by atoms with van der Waals surface area (Å²) in [6, 6.07) is 6.02. The number of nitrogens with one attached hydrogen (secondary N) is 1. The number of fused-ring (bicyclic) bond motifs is 1. The minimum Gasteiger partial charge on any atom is -0.406 e. The van der Waals surface area contributed by atoms with Crippen molar-refractivity contribution in [2.24, 2.45) is 0 Å². The van der Waals surface area contributed by atoms with Crippen molar-refractivity contribution in [1.29, 1.82) is 0 Å². The molecular formula is C19H15FN6O2. The molecule has 0 saturated heterocycles. The highest BCUT2D eigenvalue weighted by Gasteiger charge is 2.14. The molecule has 0 aliphatic rings. The maximum atomic E-state index is 13.4. The van der Waals surface area contributed by atoms with Gasteiger partial charge in [-0.2, -0.15) is 0 Å². The summed E-state index contributed by atoms with van der Waals surface area (Å²) in [5.41, 5.74) is 4.54. The molecule has 0 aliphatic heterocycles. The van der Waals surface area contributed by atoms with E-state index < -0.39 is 6.09 Å². The van der Waals surface area contributed by atoms with E-state index in [0.717, 1.165) is 5.56 Å². The molecule has 8 nitrogen and oxygen atoms in total. The van der Waals surface area contributed by atoms with Crippen molar-refractivity contribution in [3.8, 4) is 17.4 Å². The summed E-state index contributed by atoms with van der Waals surface area (Å²) >= 11 is 0. The van der Waals surface area contributed by atoms with Gasteiger partial charge in [0.25, 0.3) is 0 Å². The average Bonchev–Trinajstić information content (AvgIpc) is 2.99. The fourth-order valence-corrected chi connectivity index (χ4v) is 2.76. The highest BCUT2D eigenvalue weighted by molar-refractivity contribution is 5.87. The topological polar surface area (TPSA) is 94.8 Å². The third-order valence-corrected chi connectivity index (χ3v) is 4.08. The van der Waals surface area contributed by atoms with Gasteiger partial charge in [0.1, 0.15) is 5.82 Å². The fourth-order valence-electron chi connectivity index (χ4n) is 2.76. The van der Waals surface area contributed by atoms with E-state index in [1.165, 1.54) is 23.0 Å². The van der Waals surface area contributed by atoms with E-state index in [4.69, 9.17) is 4.74 Å². The lowest BCUT2D eigenvalue weighted by molar-refractivity contribution is 0.211. The maximum Gasteiger partial charge on any atom is 0.432 e. The first-order valence-electron chi connectivity index (χ1n) is 8.38. The highest BCUT2D eigenvalue weighted by Crippen LogP contribution is 2.21. The summed E-state index contributed by atoms with van der Waals surface area (Å²) in [5.74, 6) is 0.575. The monoisotopic (exact) mass is 378 g/mol. The summed E-state index contributed by atoms with van der Waals surface area (Å²) in [5, 5.41) is 0.701. The Bertz CT molecular complexity index is 1180. The van der Waals surface area contributed by atoms with Crippen LogP contribution in [0.5, 0.6) is 5.75 Å². The van der Waals surface area contributed by atoms with Crippen LogP contribution in [-0.2, 0) is 0 Å². The van der Waals surface area contributed by atoms with Crippen molar-refractivity contribution in [3.63, 3.8) is 0 Å². The van der Waals surface area contributed by atoms with E-state index in [-0.39, 0.29) is 11.6 Å². The lowest BCUT2D eigenvalue weighted by atomic mass is 10.2. The number of hydrogen-bond donors (Lipinski definition) is 1. The van der Waals surface area contributed by atoms with Gasteiger partial charge in [-0.05, 0) is 43.7 Å². The average molecular weight is 378 g/mol. The number of amides is 1. The minimum absolute atomic E-state index is 0.205. The van der Waals surface area contributed by atoms with Crippen LogP contribution in [0, 0.1) is 19.7 Å². The molecule has 0 atom stereocenters. The molecule has 0 radical (unpaired) electrons. The Kier molecular flexibility index (Phi) is 4.40. The van der Waals surface area contributed by atoms with Gasteiger partial charge < -0.3 is 4.74 Å². The number of benzene rings is 1. The molecule has 0 bridgehead atoms. The number of aromatic nitrogens is 5. The van der Waals surface area contributed by atoms with Crippen molar-refractivity contribution in [2.45, 2.75) is 13.8 Å². The Morgan fingerprint density at radius 1 is 1.14 bits per heavy atom. The second-order valence-corrected chi connectivity index (χ2v) is 6.06. The molecular weight excluding hydrogens is 363 g/mol. The summed E-state index contributed by atoms with van der Waals surface area (Å²) in [7, 11) is 0. The molecule has 140 valence electrons. The first-order chi connectivity index (χ1) is 13.5. The number of carbonyl (C=O) groups excluding carboxylic acids is 1. The van der Waals surface area contributed by atoms with Gasteiger partial charge in [-0.25, -0.2) is 34.5 Å². The van der Waals surface area contributed by atoms with Gasteiger partial charge in [-0.15, -0.1) is 0 Å². The molecule has 0 aliphatic carbocycles. The first-order valence-corrected chi connectivity index (χ1v) is 8.38. The zero-order valence-electron chi connectivity index (χ0n) is 15.0. The van der Waals surface area contributed by atoms with E-state index >= 15 is 0 Å². The van der Waals surface area contributed by atoms with Gasteiger partial charge in [-0.3, -0.25) is 4.68 Å². The second kappa shape index (κ2) is 7.03. The molecule has 0 spiro atoms. The standard InChI is InChI=1S/C19H15FN6O2/c1-11-10-26(15-5-4-13(20)8-14(11)15)25-19(27)28-16-9-23-18(24-12(16)2)17-21-6-3-7-22-17/h3-10H,1-2H3,(H,25,27). The zero-order valence-corrected chi connectivity index (χ0v) is 15.0. The lowest BCUT2D eigenvalue weighted by Gasteiger charge is -2.10. The zero-order chi connectivity index (χ0) is 19.7. The number of ether oxygens (including phenoxy) is 1. The van der Waals surface area contributed by atoms with Crippen molar-refractivity contribution in [1.82, 2.24) is 24.6 Å². The molecule has 1 N–H and O–H groups in total. The van der Waals surface area contributed by atoms with Crippen LogP contribution in [0.25, 0.3) is 22.6 Å². The predicted molar refractivity (Wildman–Crippen MR) is 99.8 cm³/mol. The summed E-state index contributed by atoms with van der Waals surface area (Å²) < 4.78 is 20.2. The van der Waals surface area contributed by atoms with E-state index in [1.54, 1.807) is 37.6 Å². The largest absolute Gasteiger partial charge is 0.432 e. The Hall–Kier alpha value is -3.88. The van der Waals surface area contributed by atoms with Crippen LogP contribution in [-0.4, -0.2) is 30.7 Å². The van der Waals surface area contributed by atoms with Crippen LogP contribution in [0.15, 0.2) is 49.1 Å². The number of carbonyl (C=O) groups is 1. The molecule has 3 aromatic heterocycles. The fraction of sp³-hybridized carbons (Fsp3) is 0.105. The van der Waals surface area contributed by atoms with Crippen molar-refractivity contribution >= 4 is 17.0 Å². The smallest absolute Gasteiger partial charge is 0.406 e. The van der Waals surface area contributed by atoms with Gasteiger partial charge in [-0.1, -0.05) is 0 Å². The van der Waals surface area contributed by atoms with Gasteiger partial charge in [0, 0.05) is 24.0 Å². The van der Waals surface area contributed by atoms with E-state index in [2.05, 4.69) is 25.4 Å². The van der Waals surface area contributed by atoms with Crippen LogP contribution in [0.1, 0.15) is 11.3 Å². The number of halogens is 1. The third-order valence-electron chi connectivity index (χ3n) is 4.08. The molecule has 9 heteroatoms. The van der Waals surface area contributed by atoms with Gasteiger partial charge in [0.15, 0.2) is 17.4 Å². The van der Waals surface area contributed by atoms with E-state index in [9.17, 15) is 9.18 Å². The van der Waals surface area contributed by atoms with Crippen molar-refractivity contribution in [3.05, 3.63) is 66.1 Å². The number of hydrogen-bond acceptors (Lipinski definition) is 6. The highest BCUT2D eigenvalue weighted by atomic mass is 19.1. The second-order valence-electron chi connectivity index (χ2n) is 6.06. The van der Waals surface area contributed by atoms with E-state index in [1.807, 2.05) is 6.92 Å². The first kappa shape index (κ1) is 17.5. The molecule has 0 unspecified atom stereocenters. The van der Waals surface area contributed by atoms with Crippen LogP contribution in [0.4, 0.5) is 9.18 Å². The molecule has 1 aromatic carbocycles. The Morgan fingerprint density at radius 3 is 2.68 bits per heavy atom. The quantitative estimate of drug-likeness (QED) is 0.587. The summed E-state index contributed by atoms with van der Waals surface area (Å²) in [6.45, 7) is 3.52. The molecule has 3 heterocycles. The molecule has 1 amide bonds. The third kappa shape index (κ3) is 3.37. The summed E-state index contributed by atoms with van der Waals surface area (Å²) in [4.78, 5) is 28.9. The van der Waals surface area contributed by atoms with Crippen molar-refractivity contribution < 1.29 is 13.9 Å². The van der Waals surface area contributed by atoms with Gasteiger partial charge >= 0.3 is 6.09 Å². The van der Waals surface area contributed by atoms with Crippen LogP contribution < -0.4 is 10.2 Å². The number of aryl methyl sites for hydroxylation is 2. The Morgan fingerprint density at radius 2 is 1.93 bits per heavy atom. The summed E-state index contributed by atoms with van der Waals surface area (Å²) in [6.07, 6.45) is 5.53. The maximum absolute atomic E-state index is 13.4. The number of nitrogens with zero attached hydrogens (tertiary/aromatic N) is 5. The normalized spacial score (nSPS) is 10.8. The predicted octanol–water partition coefficient (Wildman–Crippen LogP) is 3.39. The van der Waals surface area contributed by atoms with Gasteiger partial charge in [0.05, 0.1) is 17.4 Å². The Labute approximate surface area is 159 Å². The van der Waals surface area contributed by atoms with Crippen LogP contribution >= 0.6 is 0 Å². The van der Waals surface area contributed by atoms with Crippen LogP contribution in [0.2, 0.25) is 0 Å².